The van der Waals surface area contributed by atoms with E-state index in [0.717, 1.165) is 31.4 Å². The van der Waals surface area contributed by atoms with Gasteiger partial charge in [-0.15, -0.1) is 0 Å². The number of piperidine rings is 1. The number of aryl methyl sites for hydroxylation is 1. The van der Waals surface area contributed by atoms with Crippen LogP contribution in [0.1, 0.15) is 35.7 Å². The topological polar surface area (TPSA) is 46.3 Å². The summed E-state index contributed by atoms with van der Waals surface area (Å²) < 4.78 is 0. The van der Waals surface area contributed by atoms with Gasteiger partial charge in [0.25, 0.3) is 5.91 Å². The van der Waals surface area contributed by atoms with E-state index in [-0.39, 0.29) is 11.9 Å². The fourth-order valence-corrected chi connectivity index (χ4v) is 2.26. The average Bonchev–Trinajstić information content (AvgIpc) is 2.38. The summed E-state index contributed by atoms with van der Waals surface area (Å²) in [6.45, 7) is 3.64. The number of nitrogens with zero attached hydrogens (tertiary/aromatic N) is 1. The summed E-state index contributed by atoms with van der Waals surface area (Å²) in [6, 6.07) is 8.03. The molecule has 3 heteroatoms. The van der Waals surface area contributed by atoms with E-state index in [1.807, 2.05) is 29.2 Å². The van der Waals surface area contributed by atoms with Crippen molar-refractivity contribution in [2.75, 3.05) is 13.1 Å². The van der Waals surface area contributed by atoms with Crippen molar-refractivity contribution in [2.24, 2.45) is 5.73 Å². The highest BCUT2D eigenvalue weighted by Gasteiger charge is 2.21. The Morgan fingerprint density at radius 2 is 2.12 bits per heavy atom. The molecule has 3 nitrogen and oxygen atoms in total. The van der Waals surface area contributed by atoms with E-state index in [9.17, 15) is 4.79 Å². The summed E-state index contributed by atoms with van der Waals surface area (Å²) in [6.07, 6.45) is 3.04. The molecule has 0 aliphatic carbocycles. The Kier molecular flexibility index (Phi) is 3.79. The Morgan fingerprint density at radius 3 is 2.71 bits per heavy atom. The van der Waals surface area contributed by atoms with Crippen molar-refractivity contribution in [2.45, 2.75) is 32.2 Å². The predicted molar refractivity (Wildman–Crippen MR) is 68.9 cm³/mol. The summed E-state index contributed by atoms with van der Waals surface area (Å²) in [4.78, 5) is 14.1. The van der Waals surface area contributed by atoms with Crippen molar-refractivity contribution in [3.63, 3.8) is 0 Å². The molecule has 0 spiro atoms. The van der Waals surface area contributed by atoms with Crippen molar-refractivity contribution in [3.8, 4) is 0 Å². The van der Waals surface area contributed by atoms with Crippen molar-refractivity contribution in [1.29, 1.82) is 0 Å². The normalized spacial score (nSPS) is 20.4. The van der Waals surface area contributed by atoms with Gasteiger partial charge in [0.15, 0.2) is 0 Å². The lowest BCUT2D eigenvalue weighted by atomic mass is 10.0. The first-order valence-electron chi connectivity index (χ1n) is 6.34. The molecule has 2 N–H and O–H groups in total. The third kappa shape index (κ3) is 2.86. The zero-order valence-electron chi connectivity index (χ0n) is 10.4. The Morgan fingerprint density at radius 1 is 1.41 bits per heavy atom. The van der Waals surface area contributed by atoms with Gasteiger partial charge in [-0.2, -0.15) is 0 Å². The quantitative estimate of drug-likeness (QED) is 0.845. The highest BCUT2D eigenvalue weighted by Crippen LogP contribution is 2.13. The molecule has 1 amide bonds. The van der Waals surface area contributed by atoms with E-state index in [1.54, 1.807) is 0 Å². The van der Waals surface area contributed by atoms with Crippen LogP contribution in [0, 0.1) is 0 Å². The third-order valence-corrected chi connectivity index (χ3v) is 3.35. The average molecular weight is 232 g/mol. The largest absolute Gasteiger partial charge is 0.337 e. The van der Waals surface area contributed by atoms with Crippen LogP contribution in [0.15, 0.2) is 24.3 Å². The molecule has 17 heavy (non-hydrogen) atoms. The monoisotopic (exact) mass is 232 g/mol. The minimum atomic E-state index is 0.114. The summed E-state index contributed by atoms with van der Waals surface area (Å²) in [7, 11) is 0. The third-order valence-electron chi connectivity index (χ3n) is 3.35. The van der Waals surface area contributed by atoms with Crippen LogP contribution in [0.25, 0.3) is 0 Å². The minimum absolute atomic E-state index is 0.114. The van der Waals surface area contributed by atoms with Gasteiger partial charge in [-0.05, 0) is 37.0 Å². The standard InChI is InChI=1S/C14H20N2O/c1-2-11-5-7-12(8-6-11)14(17)16-9-3-4-13(15)10-16/h5-8,13H,2-4,9-10,15H2,1H3. The number of carbonyl (C=O) groups is 1. The molecule has 1 fully saturated rings. The molecule has 0 aromatic heterocycles. The molecule has 1 saturated heterocycles. The van der Waals surface area contributed by atoms with E-state index < -0.39 is 0 Å². The Hall–Kier alpha value is -1.35. The number of hydrogen-bond acceptors (Lipinski definition) is 2. The molecule has 92 valence electrons. The number of nitrogens with two attached hydrogens (primary N) is 1. The number of rotatable bonds is 2. The van der Waals surface area contributed by atoms with Crippen molar-refractivity contribution >= 4 is 5.91 Å². The van der Waals surface area contributed by atoms with Crippen molar-refractivity contribution < 1.29 is 4.79 Å². The van der Waals surface area contributed by atoms with Crippen LogP contribution in [0.3, 0.4) is 0 Å². The van der Waals surface area contributed by atoms with Crippen LogP contribution in [0.5, 0.6) is 0 Å². The van der Waals surface area contributed by atoms with E-state index in [4.69, 9.17) is 5.73 Å². The molecular weight excluding hydrogens is 212 g/mol. The minimum Gasteiger partial charge on any atom is -0.337 e. The number of amides is 1. The van der Waals surface area contributed by atoms with Crippen LogP contribution < -0.4 is 5.73 Å². The zero-order valence-corrected chi connectivity index (χ0v) is 10.4. The van der Waals surface area contributed by atoms with Crippen LogP contribution in [0.2, 0.25) is 0 Å². The summed E-state index contributed by atoms with van der Waals surface area (Å²) >= 11 is 0. The van der Waals surface area contributed by atoms with Gasteiger partial charge in [-0.3, -0.25) is 4.79 Å². The highest BCUT2D eigenvalue weighted by molar-refractivity contribution is 5.94. The van der Waals surface area contributed by atoms with Crippen LogP contribution >= 0.6 is 0 Å². The molecule has 0 bridgehead atoms. The van der Waals surface area contributed by atoms with E-state index in [1.165, 1.54) is 5.56 Å². The summed E-state index contributed by atoms with van der Waals surface area (Å²) in [5.74, 6) is 0.114. The molecule has 2 rings (SSSR count). The lowest BCUT2D eigenvalue weighted by molar-refractivity contribution is 0.0709. The van der Waals surface area contributed by atoms with Gasteiger partial charge in [0.2, 0.25) is 0 Å². The van der Waals surface area contributed by atoms with E-state index in [2.05, 4.69) is 6.92 Å². The molecule has 1 heterocycles. The number of hydrogen-bond donors (Lipinski definition) is 1. The smallest absolute Gasteiger partial charge is 0.253 e. The van der Waals surface area contributed by atoms with Crippen LogP contribution in [0.4, 0.5) is 0 Å². The van der Waals surface area contributed by atoms with Gasteiger partial charge in [0, 0.05) is 24.7 Å². The maximum atomic E-state index is 12.2. The zero-order chi connectivity index (χ0) is 12.3. The second-order valence-corrected chi connectivity index (χ2v) is 4.70. The molecule has 0 radical (unpaired) electrons. The number of benzene rings is 1. The molecule has 0 saturated carbocycles. The van der Waals surface area contributed by atoms with E-state index >= 15 is 0 Å². The second kappa shape index (κ2) is 5.32. The first-order valence-corrected chi connectivity index (χ1v) is 6.34. The predicted octanol–water partition coefficient (Wildman–Crippen LogP) is 1.81. The molecule has 1 unspecified atom stereocenters. The van der Waals surface area contributed by atoms with E-state index in [0.29, 0.717) is 6.54 Å². The maximum absolute atomic E-state index is 12.2. The number of likely N-dealkylation sites (tertiary alicyclic amines) is 1. The molecule has 1 aliphatic rings. The van der Waals surface area contributed by atoms with Gasteiger partial charge >= 0.3 is 0 Å². The maximum Gasteiger partial charge on any atom is 0.253 e. The second-order valence-electron chi connectivity index (χ2n) is 4.70. The summed E-state index contributed by atoms with van der Waals surface area (Å²) in [5.41, 5.74) is 7.93. The highest BCUT2D eigenvalue weighted by atomic mass is 16.2. The Bertz CT molecular complexity index is 386. The van der Waals surface area contributed by atoms with Crippen LogP contribution in [-0.2, 0) is 6.42 Å². The van der Waals surface area contributed by atoms with Gasteiger partial charge < -0.3 is 10.6 Å². The molecule has 1 aromatic carbocycles. The lowest BCUT2D eigenvalue weighted by Gasteiger charge is -2.30. The molecule has 1 aliphatic heterocycles. The molecule has 1 aromatic rings. The Labute approximate surface area is 103 Å². The summed E-state index contributed by atoms with van der Waals surface area (Å²) in [5, 5.41) is 0. The Balaban J connectivity index is 2.07. The van der Waals surface area contributed by atoms with Gasteiger partial charge in [0.05, 0.1) is 0 Å². The number of carbonyl (C=O) groups excluding carboxylic acids is 1. The fourth-order valence-electron chi connectivity index (χ4n) is 2.26. The van der Waals surface area contributed by atoms with Crippen molar-refractivity contribution in [3.05, 3.63) is 35.4 Å². The molecule has 1 atom stereocenters. The molecular formula is C14H20N2O. The first-order chi connectivity index (χ1) is 8.20. The lowest BCUT2D eigenvalue weighted by Crippen LogP contribution is -2.45. The SMILES string of the molecule is CCc1ccc(C(=O)N2CCCC(N)C2)cc1. The fraction of sp³-hybridized carbons (Fsp3) is 0.500. The van der Waals surface area contributed by atoms with Crippen molar-refractivity contribution in [1.82, 2.24) is 4.90 Å². The van der Waals surface area contributed by atoms with Crippen LogP contribution in [-0.4, -0.2) is 29.9 Å². The van der Waals surface area contributed by atoms with Gasteiger partial charge in [-0.25, -0.2) is 0 Å². The first kappa shape index (κ1) is 12.1. The van der Waals surface area contributed by atoms with Gasteiger partial charge in [-0.1, -0.05) is 19.1 Å². The van der Waals surface area contributed by atoms with Gasteiger partial charge in [0.1, 0.15) is 0 Å².